The van der Waals surface area contributed by atoms with E-state index in [-0.39, 0.29) is 18.2 Å². The summed E-state index contributed by atoms with van der Waals surface area (Å²) in [5, 5.41) is 22.7. The molecule has 1 heterocycles. The molecule has 1 aromatic carbocycles. The summed E-state index contributed by atoms with van der Waals surface area (Å²) in [6.07, 6.45) is 3.40. The number of piperidine rings is 1. The van der Waals surface area contributed by atoms with E-state index in [2.05, 4.69) is 12.4 Å². The van der Waals surface area contributed by atoms with Crippen LogP contribution in [0.3, 0.4) is 0 Å². The van der Waals surface area contributed by atoms with Crippen LogP contribution in [-0.4, -0.2) is 47.9 Å². The van der Waals surface area contributed by atoms with Crippen molar-refractivity contribution in [1.82, 2.24) is 0 Å². The molecule has 1 aliphatic heterocycles. The first-order valence-electron chi connectivity index (χ1n) is 7.59. The molecule has 1 aromatic rings. The number of nitrogens with one attached hydrogen (secondary N) is 1. The lowest BCUT2D eigenvalue weighted by Gasteiger charge is -2.37. The van der Waals surface area contributed by atoms with Crippen LogP contribution in [0.1, 0.15) is 37.9 Å². The van der Waals surface area contributed by atoms with Gasteiger partial charge in [0.15, 0.2) is 0 Å². The first-order chi connectivity index (χ1) is 9.50. The first-order valence-corrected chi connectivity index (χ1v) is 7.59. The monoisotopic (exact) mass is 314 g/mol. The number of anilines is 1. The van der Waals surface area contributed by atoms with Gasteiger partial charge >= 0.3 is 0 Å². The smallest absolute Gasteiger partial charge is 0.123 e. The van der Waals surface area contributed by atoms with Crippen LogP contribution in [-0.2, 0) is 0 Å². The minimum Gasteiger partial charge on any atom is -1.00 e. The van der Waals surface area contributed by atoms with E-state index in [1.54, 1.807) is 19.1 Å². The molecule has 120 valence electrons. The third kappa shape index (κ3) is 5.06. The minimum absolute atomic E-state index is 0. The molecule has 4 nitrogen and oxygen atoms in total. The van der Waals surface area contributed by atoms with Gasteiger partial charge in [-0.15, -0.1) is 0 Å². The van der Waals surface area contributed by atoms with Gasteiger partial charge in [0, 0.05) is 17.3 Å². The summed E-state index contributed by atoms with van der Waals surface area (Å²) in [5.74, 6) is 0.156. The van der Waals surface area contributed by atoms with Gasteiger partial charge < -0.3 is 32.4 Å². The summed E-state index contributed by atoms with van der Waals surface area (Å²) < 4.78 is 1.14. The summed E-state index contributed by atoms with van der Waals surface area (Å²) in [6.45, 7) is 6.22. The maximum atomic E-state index is 9.86. The summed E-state index contributed by atoms with van der Waals surface area (Å²) in [7, 11) is 2.33. The van der Waals surface area contributed by atoms with Crippen LogP contribution in [0.15, 0.2) is 18.2 Å². The van der Waals surface area contributed by atoms with Crippen LogP contribution in [0.4, 0.5) is 5.69 Å². The highest BCUT2D eigenvalue weighted by Crippen LogP contribution is 2.27. The maximum absolute atomic E-state index is 9.86. The third-order valence-corrected chi connectivity index (χ3v) is 4.36. The lowest BCUT2D eigenvalue weighted by Crippen LogP contribution is -3.00. The van der Waals surface area contributed by atoms with E-state index in [9.17, 15) is 10.2 Å². The molecule has 2 rings (SSSR count). The van der Waals surface area contributed by atoms with Gasteiger partial charge in [-0.05, 0) is 32.3 Å². The van der Waals surface area contributed by atoms with Gasteiger partial charge in [-0.2, -0.15) is 0 Å². The Hall–Kier alpha value is -0.970. The van der Waals surface area contributed by atoms with Crippen LogP contribution in [0.5, 0.6) is 5.75 Å². The molecule has 1 unspecified atom stereocenters. The number of hydrogen-bond donors (Lipinski definition) is 3. The molecular weight excluding hydrogens is 288 g/mol. The average Bonchev–Trinajstić information content (AvgIpc) is 2.39. The van der Waals surface area contributed by atoms with Crippen molar-refractivity contribution in [3.63, 3.8) is 0 Å². The Morgan fingerprint density at radius 1 is 1.24 bits per heavy atom. The van der Waals surface area contributed by atoms with Gasteiger partial charge in [-0.3, -0.25) is 0 Å². The number of likely N-dealkylation sites (tertiary alicyclic amines) is 1. The van der Waals surface area contributed by atoms with Crippen molar-refractivity contribution in [3.05, 3.63) is 23.8 Å². The number of aliphatic hydroxyl groups excluding tert-OH is 1. The number of phenols is 1. The summed E-state index contributed by atoms with van der Waals surface area (Å²) >= 11 is 0. The number of nitrogens with zero attached hydrogens (tertiary/aromatic N) is 1. The van der Waals surface area contributed by atoms with Gasteiger partial charge in [0.25, 0.3) is 0 Å². The van der Waals surface area contributed by atoms with E-state index in [1.165, 1.54) is 32.4 Å². The van der Waals surface area contributed by atoms with E-state index in [0.717, 1.165) is 23.3 Å². The second-order valence-corrected chi connectivity index (χ2v) is 6.23. The largest absolute Gasteiger partial charge is 1.00 e. The fraction of sp³-hybridized carbons (Fsp3) is 0.625. The van der Waals surface area contributed by atoms with E-state index in [4.69, 9.17) is 0 Å². The van der Waals surface area contributed by atoms with Gasteiger partial charge in [0.2, 0.25) is 0 Å². The molecule has 0 radical (unpaired) electrons. The molecule has 0 amide bonds. The molecule has 0 saturated carbocycles. The maximum Gasteiger partial charge on any atom is 0.123 e. The number of phenolic OH excluding ortho intramolecular Hbond substituents is 1. The zero-order chi connectivity index (χ0) is 14.6. The minimum atomic E-state index is -0.637. The molecule has 1 aliphatic rings. The Balaban J connectivity index is 0.00000220. The zero-order valence-corrected chi connectivity index (χ0v) is 13.7. The van der Waals surface area contributed by atoms with Crippen molar-refractivity contribution in [2.75, 3.05) is 38.5 Å². The topological polar surface area (TPSA) is 52.5 Å². The van der Waals surface area contributed by atoms with Crippen molar-refractivity contribution in [3.8, 4) is 5.75 Å². The lowest BCUT2D eigenvalue weighted by atomic mass is 10.1. The number of hydrogen-bond acceptors (Lipinski definition) is 3. The fourth-order valence-electron chi connectivity index (χ4n) is 2.98. The molecule has 3 N–H and O–H groups in total. The second kappa shape index (κ2) is 7.87. The number of aliphatic hydroxyl groups is 1. The molecule has 1 fully saturated rings. The number of aromatic hydroxyl groups is 1. The highest BCUT2D eigenvalue weighted by Gasteiger charge is 2.23. The Morgan fingerprint density at radius 2 is 1.90 bits per heavy atom. The molecule has 0 bridgehead atoms. The van der Waals surface area contributed by atoms with E-state index >= 15 is 0 Å². The summed E-state index contributed by atoms with van der Waals surface area (Å²) in [6, 6.07) is 5.38. The highest BCUT2D eigenvalue weighted by atomic mass is 35.5. The number of halogens is 1. The van der Waals surface area contributed by atoms with Gasteiger partial charge in [-0.1, -0.05) is 6.07 Å². The van der Waals surface area contributed by atoms with E-state index in [0.29, 0.717) is 5.56 Å². The molecule has 0 spiro atoms. The Morgan fingerprint density at radius 3 is 2.48 bits per heavy atom. The first kappa shape index (κ1) is 18.1. The van der Waals surface area contributed by atoms with Crippen molar-refractivity contribution in [2.45, 2.75) is 32.3 Å². The quantitative estimate of drug-likeness (QED) is 0.642. The average molecular weight is 315 g/mol. The molecular formula is C16H27ClN2O2. The SMILES string of the molecule is CC(O)c1ccc(NCC[N+]2(C)CCCCC2)cc1O.[Cl-]. The normalized spacial score (nSPS) is 18.6. The Labute approximate surface area is 133 Å². The van der Waals surface area contributed by atoms with E-state index < -0.39 is 6.10 Å². The third-order valence-electron chi connectivity index (χ3n) is 4.36. The Kier molecular flexibility index (Phi) is 6.78. The number of quaternary nitrogens is 1. The van der Waals surface area contributed by atoms with Crippen LogP contribution >= 0.6 is 0 Å². The summed E-state index contributed by atoms with van der Waals surface area (Å²) in [5.41, 5.74) is 1.49. The predicted octanol–water partition coefficient (Wildman–Crippen LogP) is -0.508. The lowest BCUT2D eigenvalue weighted by molar-refractivity contribution is -0.912. The Bertz CT molecular complexity index is 446. The molecule has 0 aromatic heterocycles. The molecule has 5 heteroatoms. The standard InChI is InChI=1S/C16H26N2O2.ClH/c1-13(19)15-7-6-14(12-16(15)20)17-8-11-18(2)9-4-3-5-10-18;/h6-7,12-13,17,19H,3-5,8-11H2,1-2H3;1H. The number of benzene rings is 1. The van der Waals surface area contributed by atoms with Gasteiger partial charge in [0.05, 0.1) is 39.3 Å². The zero-order valence-electron chi connectivity index (χ0n) is 13.0. The van der Waals surface area contributed by atoms with Crippen LogP contribution < -0.4 is 17.7 Å². The molecule has 1 saturated heterocycles. The van der Waals surface area contributed by atoms with Crippen LogP contribution in [0.25, 0.3) is 0 Å². The number of likely N-dealkylation sites (N-methyl/N-ethyl adjacent to an activating group) is 1. The second-order valence-electron chi connectivity index (χ2n) is 6.23. The number of rotatable bonds is 5. The van der Waals surface area contributed by atoms with Crippen molar-refractivity contribution in [1.29, 1.82) is 0 Å². The van der Waals surface area contributed by atoms with Crippen molar-refractivity contribution >= 4 is 5.69 Å². The molecule has 21 heavy (non-hydrogen) atoms. The van der Waals surface area contributed by atoms with Gasteiger partial charge in [0.1, 0.15) is 5.75 Å². The van der Waals surface area contributed by atoms with Crippen LogP contribution in [0, 0.1) is 0 Å². The predicted molar refractivity (Wildman–Crippen MR) is 81.9 cm³/mol. The summed E-state index contributed by atoms with van der Waals surface area (Å²) in [4.78, 5) is 0. The van der Waals surface area contributed by atoms with Crippen molar-refractivity contribution in [2.24, 2.45) is 0 Å². The van der Waals surface area contributed by atoms with E-state index in [1.807, 2.05) is 6.07 Å². The fourth-order valence-corrected chi connectivity index (χ4v) is 2.98. The molecule has 0 aliphatic carbocycles. The van der Waals surface area contributed by atoms with Crippen molar-refractivity contribution < 1.29 is 27.1 Å². The molecule has 1 atom stereocenters. The highest BCUT2D eigenvalue weighted by molar-refractivity contribution is 5.51. The van der Waals surface area contributed by atoms with Crippen LogP contribution in [0.2, 0.25) is 0 Å². The van der Waals surface area contributed by atoms with Gasteiger partial charge in [-0.25, -0.2) is 0 Å².